The van der Waals surface area contributed by atoms with Gasteiger partial charge in [0.25, 0.3) is 0 Å². The molecular formula is C51H38N2. The third kappa shape index (κ3) is 4.94. The molecule has 0 saturated heterocycles. The summed E-state index contributed by atoms with van der Waals surface area (Å²) >= 11 is 0. The lowest BCUT2D eigenvalue weighted by atomic mass is 9.81. The molecule has 0 spiro atoms. The van der Waals surface area contributed by atoms with Gasteiger partial charge >= 0.3 is 0 Å². The smallest absolute Gasteiger partial charge is 0.0645 e. The van der Waals surface area contributed by atoms with Gasteiger partial charge in [-0.25, -0.2) is 0 Å². The van der Waals surface area contributed by atoms with Crippen molar-refractivity contribution in [2.45, 2.75) is 19.3 Å². The van der Waals surface area contributed by atoms with Crippen LogP contribution in [0.5, 0.6) is 0 Å². The minimum Gasteiger partial charge on any atom is -0.310 e. The Balaban J connectivity index is 1.25. The molecule has 0 aromatic heterocycles. The molecule has 0 atom stereocenters. The number of rotatable bonds is 6. The first kappa shape index (κ1) is 22.3. The molecule has 2 heteroatoms. The first-order valence-corrected chi connectivity index (χ1v) is 17.6. The molecule has 10 rings (SSSR count). The second-order valence-electron chi connectivity index (χ2n) is 13.8. The van der Waals surface area contributed by atoms with Crippen molar-refractivity contribution in [3.63, 3.8) is 0 Å². The Morgan fingerprint density at radius 3 is 1.55 bits per heavy atom. The molecule has 0 heterocycles. The van der Waals surface area contributed by atoms with E-state index < -0.39 is 41.7 Å². The van der Waals surface area contributed by atoms with Gasteiger partial charge in [0, 0.05) is 38.6 Å². The summed E-state index contributed by atoms with van der Waals surface area (Å²) in [5.74, 6) is 0. The number of hydrogen-bond donors (Lipinski definition) is 0. The minimum atomic E-state index is -0.701. The standard InChI is InChI=1S/C51H38N2/c1-51(2)45-33-39(52(37-21-5-3-6-22-37)47-29-15-19-35-17-9-11-25-40(35)47)31-32-44(45)50-43-28-14-13-27-42(43)49(34-46(50)51)53(38-23-7-4-8-24-38)48-30-16-20-36-18-10-12-26-41(36)48/h3-34H,1-2H3/i3D,4D,5D,6D,7D,8D,21D,22D,23D,24D. The van der Waals surface area contributed by atoms with Gasteiger partial charge in [-0.1, -0.05) is 153 Å². The maximum atomic E-state index is 9.26. The van der Waals surface area contributed by atoms with Gasteiger partial charge in [-0.3, -0.25) is 0 Å². The number of hydrogen-bond acceptors (Lipinski definition) is 2. The van der Waals surface area contributed by atoms with Crippen molar-refractivity contribution in [1.82, 2.24) is 0 Å². The predicted molar refractivity (Wildman–Crippen MR) is 226 cm³/mol. The Morgan fingerprint density at radius 1 is 0.415 bits per heavy atom. The van der Waals surface area contributed by atoms with Crippen LogP contribution >= 0.6 is 0 Å². The van der Waals surface area contributed by atoms with Gasteiger partial charge in [0.1, 0.15) is 0 Å². The zero-order valence-electron chi connectivity index (χ0n) is 39.1. The molecule has 0 amide bonds. The fraction of sp³-hybridized carbons (Fsp3) is 0.0588. The summed E-state index contributed by atoms with van der Waals surface area (Å²) in [5, 5.41) is 5.23. The molecule has 0 N–H and O–H groups in total. The van der Waals surface area contributed by atoms with E-state index in [-0.39, 0.29) is 35.5 Å². The number of nitrogens with zero attached hydrogens (tertiary/aromatic N) is 2. The van der Waals surface area contributed by atoms with Crippen LogP contribution in [0.2, 0.25) is 0 Å². The average Bonchev–Trinajstić information content (AvgIpc) is 3.53. The SMILES string of the molecule is [2H]c1c([2H])c([2H])c(N(c2ccc3c(c2)C(C)(C)c2cc(N(c4c([2H])c([2H])c([2H])c([2H])c4[2H])c4cccc5ccccc45)c4ccccc4c2-3)c2cccc3ccccc23)c([2H])c1[2H]. The molecule has 0 fully saturated rings. The van der Waals surface area contributed by atoms with E-state index in [0.717, 1.165) is 54.6 Å². The van der Waals surface area contributed by atoms with Gasteiger partial charge in [0.05, 0.1) is 30.8 Å². The predicted octanol–water partition coefficient (Wildman–Crippen LogP) is 14.4. The summed E-state index contributed by atoms with van der Waals surface area (Å²) in [7, 11) is 0. The maximum Gasteiger partial charge on any atom is 0.0645 e. The van der Waals surface area contributed by atoms with E-state index in [9.17, 15) is 2.74 Å². The van der Waals surface area contributed by atoms with Crippen LogP contribution in [0.15, 0.2) is 194 Å². The second-order valence-corrected chi connectivity index (χ2v) is 13.8. The topological polar surface area (TPSA) is 6.48 Å². The monoisotopic (exact) mass is 688 g/mol. The Bertz CT molecular complexity index is 3350. The Morgan fingerprint density at radius 2 is 0.925 bits per heavy atom. The first-order chi connectivity index (χ1) is 30.2. The fourth-order valence-electron chi connectivity index (χ4n) is 8.15. The van der Waals surface area contributed by atoms with Gasteiger partial charge in [0.2, 0.25) is 0 Å². The average molecular weight is 689 g/mol. The van der Waals surface area contributed by atoms with Gasteiger partial charge in [-0.2, -0.15) is 0 Å². The highest BCUT2D eigenvalue weighted by molar-refractivity contribution is 6.12. The molecule has 0 unspecified atom stereocenters. The van der Waals surface area contributed by atoms with Crippen LogP contribution < -0.4 is 9.80 Å². The van der Waals surface area contributed by atoms with Crippen molar-refractivity contribution in [3.8, 4) is 11.1 Å². The molecule has 9 aromatic carbocycles. The molecule has 0 bridgehead atoms. The zero-order chi connectivity index (χ0) is 44.2. The van der Waals surface area contributed by atoms with Crippen molar-refractivity contribution >= 4 is 66.4 Å². The van der Waals surface area contributed by atoms with E-state index in [2.05, 4.69) is 26.0 Å². The van der Waals surface area contributed by atoms with Gasteiger partial charge in [-0.15, -0.1) is 0 Å². The van der Waals surface area contributed by atoms with E-state index in [1.165, 1.54) is 0 Å². The fourth-order valence-corrected chi connectivity index (χ4v) is 8.15. The van der Waals surface area contributed by atoms with Crippen molar-refractivity contribution in [2.75, 3.05) is 9.80 Å². The summed E-state index contributed by atoms with van der Waals surface area (Å²) < 4.78 is 88.5. The van der Waals surface area contributed by atoms with Crippen LogP contribution in [0.4, 0.5) is 34.1 Å². The van der Waals surface area contributed by atoms with Crippen LogP contribution in [0, 0.1) is 0 Å². The van der Waals surface area contributed by atoms with Crippen LogP contribution in [0.3, 0.4) is 0 Å². The first-order valence-electron chi connectivity index (χ1n) is 22.6. The normalized spacial score (nSPS) is 15.5. The Kier molecular flexibility index (Phi) is 5.16. The lowest BCUT2D eigenvalue weighted by Crippen LogP contribution is -2.18. The highest BCUT2D eigenvalue weighted by Gasteiger charge is 2.38. The summed E-state index contributed by atoms with van der Waals surface area (Å²) in [6.45, 7) is 4.25. The molecular weight excluding hydrogens is 641 g/mol. The Hall–Kier alpha value is -6.64. The summed E-state index contributed by atoms with van der Waals surface area (Å²) in [4.78, 5) is 3.59. The van der Waals surface area contributed by atoms with Crippen LogP contribution in [-0.4, -0.2) is 0 Å². The third-order valence-electron chi connectivity index (χ3n) is 10.6. The second kappa shape index (κ2) is 12.3. The van der Waals surface area contributed by atoms with E-state index >= 15 is 0 Å². The molecule has 1 aliphatic rings. The van der Waals surface area contributed by atoms with Crippen molar-refractivity contribution < 1.29 is 13.7 Å². The molecule has 0 radical (unpaired) electrons. The largest absolute Gasteiger partial charge is 0.310 e. The van der Waals surface area contributed by atoms with Crippen LogP contribution in [0.25, 0.3) is 43.4 Å². The van der Waals surface area contributed by atoms with Crippen molar-refractivity contribution in [3.05, 3.63) is 205 Å². The summed E-state index contributed by atoms with van der Waals surface area (Å²) in [5.41, 5.74) is 5.73. The molecule has 9 aromatic rings. The van der Waals surface area contributed by atoms with Crippen LogP contribution in [0.1, 0.15) is 38.7 Å². The zero-order valence-corrected chi connectivity index (χ0v) is 29.1. The summed E-state index contributed by atoms with van der Waals surface area (Å²) in [6, 6.07) is 39.3. The molecule has 2 nitrogen and oxygen atoms in total. The van der Waals surface area contributed by atoms with Crippen LogP contribution in [-0.2, 0) is 5.41 Å². The molecule has 0 saturated carbocycles. The van der Waals surface area contributed by atoms with Gasteiger partial charge in [0.15, 0.2) is 0 Å². The highest BCUT2D eigenvalue weighted by Crippen LogP contribution is 2.56. The quantitative estimate of drug-likeness (QED) is 0.172. The van der Waals surface area contributed by atoms with E-state index in [4.69, 9.17) is 11.0 Å². The molecule has 0 aliphatic heterocycles. The van der Waals surface area contributed by atoms with Crippen molar-refractivity contribution in [2.24, 2.45) is 0 Å². The Labute approximate surface area is 324 Å². The lowest BCUT2D eigenvalue weighted by molar-refractivity contribution is 0.661. The van der Waals surface area contributed by atoms with E-state index in [1.54, 1.807) is 4.90 Å². The van der Waals surface area contributed by atoms with E-state index in [1.807, 2.05) is 126 Å². The molecule has 252 valence electrons. The van der Waals surface area contributed by atoms with Crippen molar-refractivity contribution in [1.29, 1.82) is 0 Å². The highest BCUT2D eigenvalue weighted by atomic mass is 15.2. The third-order valence-corrected chi connectivity index (χ3v) is 10.6. The number of fused-ring (bicyclic) bond motifs is 7. The van der Waals surface area contributed by atoms with Gasteiger partial charge in [-0.05, 0) is 92.9 Å². The maximum absolute atomic E-state index is 9.26. The number of benzene rings is 9. The molecule has 1 aliphatic carbocycles. The van der Waals surface area contributed by atoms with Gasteiger partial charge < -0.3 is 9.80 Å². The summed E-state index contributed by atoms with van der Waals surface area (Å²) in [6.07, 6.45) is 0. The number of anilines is 6. The molecule has 53 heavy (non-hydrogen) atoms. The minimum absolute atomic E-state index is 0.0300. The number of para-hydroxylation sites is 2. The lowest BCUT2D eigenvalue weighted by Gasteiger charge is -2.31. The van der Waals surface area contributed by atoms with E-state index in [0.29, 0.717) is 22.7 Å².